The van der Waals surface area contributed by atoms with Crippen LogP contribution in [-0.4, -0.2) is 20.4 Å². The summed E-state index contributed by atoms with van der Waals surface area (Å²) in [4.78, 5) is 12.1. The Labute approximate surface area is 187 Å². The lowest BCUT2D eigenvalue weighted by Gasteiger charge is -2.15. The molecule has 0 aliphatic heterocycles. The highest BCUT2D eigenvalue weighted by molar-refractivity contribution is 7.92. The van der Waals surface area contributed by atoms with E-state index in [2.05, 4.69) is 10.0 Å². The van der Waals surface area contributed by atoms with Crippen molar-refractivity contribution in [1.29, 1.82) is 0 Å². The molecule has 0 saturated carbocycles. The van der Waals surface area contributed by atoms with E-state index in [-0.39, 0.29) is 16.3 Å². The van der Waals surface area contributed by atoms with Crippen LogP contribution in [0, 0.1) is 5.82 Å². The van der Waals surface area contributed by atoms with Gasteiger partial charge in [-0.25, -0.2) is 12.8 Å². The van der Waals surface area contributed by atoms with E-state index >= 15 is 0 Å². The summed E-state index contributed by atoms with van der Waals surface area (Å²) in [6.07, 6.45) is -5.54. The second-order valence-electron chi connectivity index (χ2n) is 6.91. The van der Waals surface area contributed by atoms with Crippen LogP contribution in [0.3, 0.4) is 0 Å². The number of sulfonamides is 1. The summed E-state index contributed by atoms with van der Waals surface area (Å²) in [6.45, 7) is 1.48. The van der Waals surface area contributed by atoms with E-state index in [1.165, 1.54) is 61.5 Å². The maximum atomic E-state index is 12.9. The average Bonchev–Trinajstić information content (AvgIpc) is 2.75. The number of carbonyl (C=O) groups excluding carboxylic acids is 1. The summed E-state index contributed by atoms with van der Waals surface area (Å²) in [7, 11) is -4.17. The van der Waals surface area contributed by atoms with Gasteiger partial charge in [0.05, 0.1) is 10.5 Å². The summed E-state index contributed by atoms with van der Waals surface area (Å²) >= 11 is 0. The molecule has 0 spiro atoms. The van der Waals surface area contributed by atoms with Crippen LogP contribution in [0.25, 0.3) is 0 Å². The van der Waals surface area contributed by atoms with Crippen LogP contribution in [0.1, 0.15) is 12.5 Å². The fourth-order valence-electron chi connectivity index (χ4n) is 2.71. The number of amides is 1. The van der Waals surface area contributed by atoms with Crippen LogP contribution in [0.2, 0.25) is 0 Å². The minimum absolute atomic E-state index is 0.214. The number of ether oxygens (including phenoxy) is 1. The SMILES string of the molecule is C[C@H](Oc1ccc(F)cc1)C(=O)Nc1ccc(S(=O)(=O)Nc2cccc(C(F)(F)F)c2)cc1. The molecule has 3 aromatic carbocycles. The Kier molecular flexibility index (Phi) is 6.92. The van der Waals surface area contributed by atoms with E-state index in [1.54, 1.807) is 0 Å². The molecule has 6 nitrogen and oxygen atoms in total. The smallest absolute Gasteiger partial charge is 0.416 e. The van der Waals surface area contributed by atoms with Gasteiger partial charge in [-0.2, -0.15) is 13.2 Å². The molecular formula is C22H18F4N2O4S. The maximum absolute atomic E-state index is 12.9. The first kappa shape index (κ1) is 24.1. The van der Waals surface area contributed by atoms with Crippen molar-refractivity contribution in [3.8, 4) is 5.75 Å². The van der Waals surface area contributed by atoms with E-state index in [0.29, 0.717) is 11.8 Å². The van der Waals surface area contributed by atoms with Gasteiger partial charge >= 0.3 is 6.18 Å². The fraction of sp³-hybridized carbons (Fsp3) is 0.136. The zero-order valence-corrected chi connectivity index (χ0v) is 17.9. The molecule has 174 valence electrons. The number of anilines is 2. The summed E-state index contributed by atoms with van der Waals surface area (Å²) in [6, 6.07) is 14.0. The number of benzene rings is 3. The number of halogens is 4. The van der Waals surface area contributed by atoms with Crippen LogP contribution < -0.4 is 14.8 Å². The molecule has 33 heavy (non-hydrogen) atoms. The largest absolute Gasteiger partial charge is 0.481 e. The minimum atomic E-state index is -4.61. The predicted molar refractivity (Wildman–Crippen MR) is 114 cm³/mol. The highest BCUT2D eigenvalue weighted by Gasteiger charge is 2.30. The molecule has 11 heteroatoms. The van der Waals surface area contributed by atoms with E-state index in [4.69, 9.17) is 4.74 Å². The molecule has 0 bridgehead atoms. The van der Waals surface area contributed by atoms with Crippen molar-refractivity contribution >= 4 is 27.3 Å². The second-order valence-corrected chi connectivity index (χ2v) is 8.59. The Morgan fingerprint density at radius 3 is 2.18 bits per heavy atom. The van der Waals surface area contributed by atoms with Crippen molar-refractivity contribution in [3.05, 3.63) is 84.2 Å². The van der Waals surface area contributed by atoms with Crippen molar-refractivity contribution in [2.75, 3.05) is 10.0 Å². The van der Waals surface area contributed by atoms with E-state index < -0.39 is 39.6 Å². The Balaban J connectivity index is 1.65. The van der Waals surface area contributed by atoms with Gasteiger partial charge in [-0.1, -0.05) is 6.07 Å². The molecule has 0 aromatic heterocycles. The number of rotatable bonds is 7. The topological polar surface area (TPSA) is 84.5 Å². The molecule has 0 aliphatic carbocycles. The molecule has 0 unspecified atom stereocenters. The monoisotopic (exact) mass is 482 g/mol. The lowest BCUT2D eigenvalue weighted by molar-refractivity contribution is -0.137. The number of hydrogen-bond acceptors (Lipinski definition) is 4. The Bertz CT molecular complexity index is 1230. The quantitative estimate of drug-likeness (QED) is 0.462. The first-order chi connectivity index (χ1) is 15.4. The molecule has 2 N–H and O–H groups in total. The van der Waals surface area contributed by atoms with Gasteiger partial charge in [0.1, 0.15) is 11.6 Å². The van der Waals surface area contributed by atoms with Gasteiger partial charge in [0, 0.05) is 11.4 Å². The van der Waals surface area contributed by atoms with Crippen molar-refractivity contribution in [1.82, 2.24) is 0 Å². The molecule has 0 saturated heterocycles. The lowest BCUT2D eigenvalue weighted by atomic mass is 10.2. The number of nitrogens with one attached hydrogen (secondary N) is 2. The number of alkyl halides is 3. The standard InChI is InChI=1S/C22H18F4N2O4S/c1-14(32-19-9-5-16(23)6-10-19)21(29)27-17-7-11-20(12-8-17)33(30,31)28-18-4-2-3-15(13-18)22(24,25)26/h2-14,28H,1H3,(H,27,29)/t14-/m0/s1. The fourth-order valence-corrected chi connectivity index (χ4v) is 3.75. The Hall–Kier alpha value is -3.60. The van der Waals surface area contributed by atoms with E-state index in [1.807, 2.05) is 0 Å². The third kappa shape index (κ3) is 6.45. The Morgan fingerprint density at radius 1 is 0.939 bits per heavy atom. The van der Waals surface area contributed by atoms with Gasteiger partial charge < -0.3 is 10.1 Å². The number of hydrogen-bond donors (Lipinski definition) is 2. The van der Waals surface area contributed by atoms with Crippen molar-refractivity contribution in [2.45, 2.75) is 24.1 Å². The van der Waals surface area contributed by atoms with Crippen LogP contribution in [-0.2, 0) is 21.0 Å². The zero-order chi connectivity index (χ0) is 24.2. The second kappa shape index (κ2) is 9.49. The maximum Gasteiger partial charge on any atom is 0.416 e. The first-order valence-corrected chi connectivity index (χ1v) is 11.0. The highest BCUT2D eigenvalue weighted by Crippen LogP contribution is 2.31. The molecule has 3 aromatic rings. The van der Waals surface area contributed by atoms with Crippen molar-refractivity contribution < 1.29 is 35.5 Å². The highest BCUT2D eigenvalue weighted by atomic mass is 32.2. The summed E-state index contributed by atoms with van der Waals surface area (Å²) in [5.41, 5.74) is -0.959. The average molecular weight is 482 g/mol. The molecular weight excluding hydrogens is 464 g/mol. The zero-order valence-electron chi connectivity index (χ0n) is 17.1. The summed E-state index contributed by atoms with van der Waals surface area (Å²) < 4.78 is 84.0. The van der Waals surface area contributed by atoms with E-state index in [9.17, 15) is 30.8 Å². The molecule has 1 amide bonds. The van der Waals surface area contributed by atoms with Crippen LogP contribution >= 0.6 is 0 Å². The predicted octanol–water partition coefficient (Wildman–Crippen LogP) is 5.05. The molecule has 0 radical (unpaired) electrons. The normalized spacial score (nSPS) is 12.6. The van der Waals surface area contributed by atoms with Crippen LogP contribution in [0.4, 0.5) is 28.9 Å². The number of carbonyl (C=O) groups is 1. The van der Waals surface area contributed by atoms with Gasteiger partial charge in [0.2, 0.25) is 0 Å². The Morgan fingerprint density at radius 2 is 1.58 bits per heavy atom. The van der Waals surface area contributed by atoms with E-state index in [0.717, 1.165) is 12.1 Å². The van der Waals surface area contributed by atoms with Crippen LogP contribution in [0.15, 0.2) is 77.7 Å². The van der Waals surface area contributed by atoms with Gasteiger partial charge in [-0.15, -0.1) is 0 Å². The third-order valence-electron chi connectivity index (χ3n) is 4.37. The van der Waals surface area contributed by atoms with Gasteiger partial charge in [-0.3, -0.25) is 9.52 Å². The van der Waals surface area contributed by atoms with Gasteiger partial charge in [0.15, 0.2) is 6.10 Å². The van der Waals surface area contributed by atoms with Crippen molar-refractivity contribution in [3.63, 3.8) is 0 Å². The minimum Gasteiger partial charge on any atom is -0.481 e. The molecule has 3 rings (SSSR count). The first-order valence-electron chi connectivity index (χ1n) is 9.47. The molecule has 1 atom stereocenters. The molecule has 0 heterocycles. The lowest BCUT2D eigenvalue weighted by Crippen LogP contribution is -2.30. The van der Waals surface area contributed by atoms with Gasteiger partial charge in [-0.05, 0) is 73.7 Å². The van der Waals surface area contributed by atoms with Crippen LogP contribution in [0.5, 0.6) is 5.75 Å². The van der Waals surface area contributed by atoms with Crippen molar-refractivity contribution in [2.24, 2.45) is 0 Å². The molecule has 0 aliphatic rings. The molecule has 0 fully saturated rings. The third-order valence-corrected chi connectivity index (χ3v) is 5.77. The van der Waals surface area contributed by atoms with Gasteiger partial charge in [0.25, 0.3) is 15.9 Å². The summed E-state index contributed by atoms with van der Waals surface area (Å²) in [5, 5.41) is 2.55. The summed E-state index contributed by atoms with van der Waals surface area (Å²) in [5.74, 6) is -0.685.